The molecule has 2 rings (SSSR count). The molecule has 0 radical (unpaired) electrons. The van der Waals surface area contributed by atoms with E-state index in [1.807, 2.05) is 6.92 Å². The van der Waals surface area contributed by atoms with E-state index in [-0.39, 0.29) is 5.25 Å². The van der Waals surface area contributed by atoms with Crippen molar-refractivity contribution in [3.8, 4) is 0 Å². The predicted octanol–water partition coefficient (Wildman–Crippen LogP) is 1.43. The van der Waals surface area contributed by atoms with Gasteiger partial charge in [-0.1, -0.05) is 11.6 Å². The van der Waals surface area contributed by atoms with E-state index < -0.39 is 10.8 Å². The van der Waals surface area contributed by atoms with Crippen LogP contribution in [-0.2, 0) is 17.3 Å². The van der Waals surface area contributed by atoms with Crippen LogP contribution in [0, 0.1) is 0 Å². The fourth-order valence-corrected chi connectivity index (χ4v) is 2.06. The first kappa shape index (κ1) is 12.3. The fraction of sp³-hybridized carbons (Fsp3) is 0.400. The second-order valence-electron chi connectivity index (χ2n) is 3.89. The number of anilines is 1. The highest BCUT2D eigenvalue weighted by Gasteiger charge is 2.14. The molecule has 0 fully saturated rings. The number of pyridine rings is 1. The quantitative estimate of drug-likeness (QED) is 0.917. The molecule has 0 spiro atoms. The summed E-state index contributed by atoms with van der Waals surface area (Å²) < 4.78 is 13.1. The maximum absolute atomic E-state index is 11.4. The molecule has 0 aliphatic carbocycles. The number of aromatic nitrogens is 3. The van der Waals surface area contributed by atoms with Crippen LogP contribution in [0.5, 0.6) is 0 Å². The maximum Gasteiger partial charge on any atom is 0.202 e. The lowest BCUT2D eigenvalue weighted by Gasteiger charge is -2.10. The molecule has 0 saturated heterocycles. The van der Waals surface area contributed by atoms with Gasteiger partial charge in [0.15, 0.2) is 5.65 Å². The molecule has 0 aliphatic heterocycles. The number of nitrogens with zero attached hydrogens (tertiary/aromatic N) is 3. The lowest BCUT2D eigenvalue weighted by Crippen LogP contribution is -2.18. The minimum absolute atomic E-state index is 0.00724. The van der Waals surface area contributed by atoms with E-state index in [0.29, 0.717) is 28.7 Å². The van der Waals surface area contributed by atoms with Gasteiger partial charge in [0.1, 0.15) is 5.52 Å². The van der Waals surface area contributed by atoms with Gasteiger partial charge in [0.05, 0.1) is 5.02 Å². The van der Waals surface area contributed by atoms with Crippen LogP contribution >= 0.6 is 11.6 Å². The number of nitrogens with two attached hydrogens (primary N) is 1. The van der Waals surface area contributed by atoms with E-state index >= 15 is 0 Å². The van der Waals surface area contributed by atoms with E-state index in [1.165, 1.54) is 0 Å². The highest BCUT2D eigenvalue weighted by Crippen LogP contribution is 2.19. The predicted molar refractivity (Wildman–Crippen MR) is 70.5 cm³/mol. The summed E-state index contributed by atoms with van der Waals surface area (Å²) in [7, 11) is -0.909. The monoisotopic (exact) mass is 272 g/mol. The van der Waals surface area contributed by atoms with Crippen molar-refractivity contribution in [2.45, 2.75) is 18.7 Å². The van der Waals surface area contributed by atoms with Gasteiger partial charge in [-0.05, 0) is 13.0 Å². The summed E-state index contributed by atoms with van der Waals surface area (Å²) in [6.45, 7) is 2.43. The third-order valence-corrected chi connectivity index (χ3v) is 4.08. The van der Waals surface area contributed by atoms with E-state index in [4.69, 9.17) is 17.3 Å². The SMILES string of the molecule is CC(Cn1c(N)nc2cc(Cl)cnc21)S(C)=O. The highest BCUT2D eigenvalue weighted by molar-refractivity contribution is 7.84. The summed E-state index contributed by atoms with van der Waals surface area (Å²) in [6.07, 6.45) is 3.22. The number of fused-ring (bicyclic) bond motifs is 1. The summed E-state index contributed by atoms with van der Waals surface area (Å²) in [6, 6.07) is 1.71. The molecule has 0 amide bonds. The molecule has 92 valence electrons. The zero-order chi connectivity index (χ0) is 12.6. The molecule has 0 aromatic carbocycles. The normalized spacial score (nSPS) is 15.0. The third kappa shape index (κ3) is 2.42. The Hall–Kier alpha value is -1.14. The van der Waals surface area contributed by atoms with Crippen molar-refractivity contribution in [1.29, 1.82) is 0 Å². The molecule has 2 aromatic heterocycles. The first-order chi connectivity index (χ1) is 7.99. The molecular formula is C10H13ClN4OS. The molecule has 2 unspecified atom stereocenters. The number of hydrogen-bond acceptors (Lipinski definition) is 4. The Morgan fingerprint density at radius 1 is 1.65 bits per heavy atom. The van der Waals surface area contributed by atoms with Gasteiger partial charge in [-0.25, -0.2) is 9.97 Å². The van der Waals surface area contributed by atoms with E-state index in [1.54, 1.807) is 23.1 Å². The number of rotatable bonds is 3. The second kappa shape index (κ2) is 4.62. The first-order valence-electron chi connectivity index (χ1n) is 5.08. The van der Waals surface area contributed by atoms with Gasteiger partial charge in [0.25, 0.3) is 0 Å². The molecule has 7 heteroatoms. The van der Waals surface area contributed by atoms with Crippen LogP contribution in [0.3, 0.4) is 0 Å². The summed E-state index contributed by atoms with van der Waals surface area (Å²) in [5.41, 5.74) is 7.15. The molecule has 2 heterocycles. The summed E-state index contributed by atoms with van der Waals surface area (Å²) in [5, 5.41) is 0.515. The van der Waals surface area contributed by atoms with Crippen LogP contribution in [0.4, 0.5) is 5.95 Å². The number of halogens is 1. The largest absolute Gasteiger partial charge is 0.369 e. The van der Waals surface area contributed by atoms with Gasteiger partial charge >= 0.3 is 0 Å². The summed E-state index contributed by atoms with van der Waals surface area (Å²) in [5.74, 6) is 0.368. The van der Waals surface area contributed by atoms with Crippen molar-refractivity contribution >= 4 is 39.5 Å². The Morgan fingerprint density at radius 2 is 2.35 bits per heavy atom. The Labute approximate surface area is 106 Å². The zero-order valence-electron chi connectivity index (χ0n) is 9.55. The lowest BCUT2D eigenvalue weighted by atomic mass is 10.4. The number of imidazole rings is 1. The average Bonchev–Trinajstić information content (AvgIpc) is 2.54. The molecule has 2 atom stereocenters. The van der Waals surface area contributed by atoms with Crippen molar-refractivity contribution in [1.82, 2.24) is 14.5 Å². The summed E-state index contributed by atoms with van der Waals surface area (Å²) >= 11 is 5.84. The molecule has 2 aromatic rings. The van der Waals surface area contributed by atoms with Gasteiger partial charge in [0.2, 0.25) is 5.95 Å². The van der Waals surface area contributed by atoms with Crippen molar-refractivity contribution in [2.24, 2.45) is 0 Å². The van der Waals surface area contributed by atoms with E-state index in [0.717, 1.165) is 0 Å². The molecule has 0 saturated carbocycles. The smallest absolute Gasteiger partial charge is 0.202 e. The first-order valence-corrected chi connectivity index (χ1v) is 7.08. The Kier molecular flexibility index (Phi) is 3.35. The van der Waals surface area contributed by atoms with Gasteiger partial charge in [0, 0.05) is 35.0 Å². The van der Waals surface area contributed by atoms with Crippen LogP contribution in [0.1, 0.15) is 6.92 Å². The van der Waals surface area contributed by atoms with Gasteiger partial charge in [-0.3, -0.25) is 8.78 Å². The van der Waals surface area contributed by atoms with Crippen LogP contribution in [-0.4, -0.2) is 30.2 Å². The van der Waals surface area contributed by atoms with Crippen LogP contribution in [0.15, 0.2) is 12.3 Å². The molecule has 17 heavy (non-hydrogen) atoms. The van der Waals surface area contributed by atoms with Gasteiger partial charge in [-0.15, -0.1) is 0 Å². The molecular weight excluding hydrogens is 260 g/mol. The minimum atomic E-state index is -0.909. The topological polar surface area (TPSA) is 73.8 Å². The fourth-order valence-electron chi connectivity index (χ4n) is 1.55. The van der Waals surface area contributed by atoms with Crippen molar-refractivity contribution in [2.75, 3.05) is 12.0 Å². The van der Waals surface area contributed by atoms with Crippen molar-refractivity contribution in [3.63, 3.8) is 0 Å². The number of hydrogen-bond donors (Lipinski definition) is 1. The van der Waals surface area contributed by atoms with Gasteiger partial charge < -0.3 is 5.73 Å². The van der Waals surface area contributed by atoms with Gasteiger partial charge in [-0.2, -0.15) is 0 Å². The summed E-state index contributed by atoms with van der Waals surface area (Å²) in [4.78, 5) is 8.38. The minimum Gasteiger partial charge on any atom is -0.369 e. The van der Waals surface area contributed by atoms with E-state index in [2.05, 4.69) is 9.97 Å². The van der Waals surface area contributed by atoms with Crippen LogP contribution < -0.4 is 5.73 Å². The molecule has 0 aliphatic rings. The van der Waals surface area contributed by atoms with Crippen LogP contribution in [0.25, 0.3) is 11.2 Å². The maximum atomic E-state index is 11.4. The van der Waals surface area contributed by atoms with Crippen LogP contribution in [0.2, 0.25) is 5.02 Å². The zero-order valence-corrected chi connectivity index (χ0v) is 11.1. The second-order valence-corrected chi connectivity index (χ2v) is 6.12. The molecule has 0 bridgehead atoms. The lowest BCUT2D eigenvalue weighted by molar-refractivity contribution is 0.652. The highest BCUT2D eigenvalue weighted by atomic mass is 35.5. The Morgan fingerprint density at radius 3 is 3.00 bits per heavy atom. The Balaban J connectivity index is 2.46. The standard InChI is InChI=1S/C10H13ClN4OS/c1-6(17(2)16)5-15-9-8(14-10(15)12)3-7(11)4-13-9/h3-4,6H,5H2,1-2H3,(H2,12,14). The third-order valence-electron chi connectivity index (χ3n) is 2.59. The Bertz CT molecular complexity index is 583. The number of nitrogen functional groups attached to an aromatic ring is 1. The average molecular weight is 273 g/mol. The molecule has 5 nitrogen and oxygen atoms in total. The van der Waals surface area contributed by atoms with Crippen molar-refractivity contribution in [3.05, 3.63) is 17.3 Å². The van der Waals surface area contributed by atoms with E-state index in [9.17, 15) is 4.21 Å². The van der Waals surface area contributed by atoms with Crippen molar-refractivity contribution < 1.29 is 4.21 Å². The molecule has 2 N–H and O–H groups in total.